The van der Waals surface area contributed by atoms with Crippen molar-refractivity contribution in [1.82, 2.24) is 4.98 Å². The molecule has 1 heterocycles. The number of aliphatic hydroxyl groups is 1. The summed E-state index contributed by atoms with van der Waals surface area (Å²) in [5.41, 5.74) is 1.02. The molecule has 0 aliphatic heterocycles. The summed E-state index contributed by atoms with van der Waals surface area (Å²) >= 11 is 0. The molecule has 3 heteroatoms. The highest BCUT2D eigenvalue weighted by Gasteiger charge is 2.26. The molecule has 0 saturated heterocycles. The number of fused-ring (bicyclic) bond motifs is 1. The lowest BCUT2D eigenvalue weighted by Gasteiger charge is -2.31. The molecule has 1 aromatic carbocycles. The number of pyridine rings is 1. The van der Waals surface area contributed by atoms with Gasteiger partial charge in [-0.3, -0.25) is 0 Å². The van der Waals surface area contributed by atoms with E-state index >= 15 is 0 Å². The molecular formula is C14H16N2O. The van der Waals surface area contributed by atoms with E-state index in [4.69, 9.17) is 0 Å². The molecule has 0 amide bonds. The average Bonchev–Trinajstić information content (AvgIpc) is 2.33. The lowest BCUT2D eigenvalue weighted by Crippen LogP contribution is -2.33. The Morgan fingerprint density at radius 2 is 2.00 bits per heavy atom. The predicted molar refractivity (Wildman–Crippen MR) is 69.0 cm³/mol. The Hall–Kier alpha value is -1.61. The zero-order valence-corrected chi connectivity index (χ0v) is 9.63. The van der Waals surface area contributed by atoms with Crippen LogP contribution in [0.3, 0.4) is 0 Å². The molecule has 1 aromatic heterocycles. The SMILES string of the molecule is OC1CC(CNc2ccc3ccccc3n2)C1. The van der Waals surface area contributed by atoms with E-state index in [2.05, 4.69) is 22.4 Å². The van der Waals surface area contributed by atoms with E-state index < -0.39 is 0 Å². The number of para-hydroxylation sites is 1. The van der Waals surface area contributed by atoms with Gasteiger partial charge in [0.25, 0.3) is 0 Å². The van der Waals surface area contributed by atoms with Crippen LogP contribution in [0.2, 0.25) is 0 Å². The molecule has 0 atom stereocenters. The third-order valence-corrected chi connectivity index (χ3v) is 3.38. The Morgan fingerprint density at radius 3 is 2.82 bits per heavy atom. The smallest absolute Gasteiger partial charge is 0.126 e. The quantitative estimate of drug-likeness (QED) is 0.848. The molecule has 2 N–H and O–H groups in total. The normalized spacial score (nSPS) is 23.4. The van der Waals surface area contributed by atoms with Crippen LogP contribution < -0.4 is 5.32 Å². The van der Waals surface area contributed by atoms with Crippen molar-refractivity contribution < 1.29 is 5.11 Å². The van der Waals surface area contributed by atoms with E-state index in [-0.39, 0.29) is 6.10 Å². The number of aliphatic hydroxyl groups excluding tert-OH is 1. The maximum atomic E-state index is 9.21. The monoisotopic (exact) mass is 228 g/mol. The number of anilines is 1. The lowest BCUT2D eigenvalue weighted by atomic mass is 9.82. The summed E-state index contributed by atoms with van der Waals surface area (Å²) in [7, 11) is 0. The Morgan fingerprint density at radius 1 is 1.18 bits per heavy atom. The fraction of sp³-hybridized carbons (Fsp3) is 0.357. The largest absolute Gasteiger partial charge is 0.393 e. The molecule has 0 radical (unpaired) electrons. The zero-order chi connectivity index (χ0) is 11.7. The molecule has 3 rings (SSSR count). The van der Waals surface area contributed by atoms with E-state index in [1.165, 1.54) is 0 Å². The minimum atomic E-state index is -0.0774. The van der Waals surface area contributed by atoms with Gasteiger partial charge in [0.1, 0.15) is 5.82 Å². The van der Waals surface area contributed by atoms with Gasteiger partial charge in [0.05, 0.1) is 11.6 Å². The van der Waals surface area contributed by atoms with E-state index in [0.29, 0.717) is 5.92 Å². The molecule has 88 valence electrons. The maximum absolute atomic E-state index is 9.21. The van der Waals surface area contributed by atoms with E-state index in [1.807, 2.05) is 24.3 Å². The number of hydrogen-bond donors (Lipinski definition) is 2. The molecule has 17 heavy (non-hydrogen) atoms. The van der Waals surface area contributed by atoms with Gasteiger partial charge in [-0.2, -0.15) is 0 Å². The molecule has 2 aromatic rings. The topological polar surface area (TPSA) is 45.1 Å². The second-order valence-corrected chi connectivity index (χ2v) is 4.76. The number of aromatic nitrogens is 1. The van der Waals surface area contributed by atoms with Crippen LogP contribution in [0.15, 0.2) is 36.4 Å². The molecular weight excluding hydrogens is 212 g/mol. The molecule has 0 unspecified atom stereocenters. The van der Waals surface area contributed by atoms with Gasteiger partial charge in [-0.15, -0.1) is 0 Å². The summed E-state index contributed by atoms with van der Waals surface area (Å²) in [5, 5.41) is 13.7. The third kappa shape index (κ3) is 2.24. The van der Waals surface area contributed by atoms with E-state index in [0.717, 1.165) is 36.1 Å². The second kappa shape index (κ2) is 4.34. The van der Waals surface area contributed by atoms with Crippen LogP contribution in [0.4, 0.5) is 5.82 Å². The van der Waals surface area contributed by atoms with E-state index in [1.54, 1.807) is 0 Å². The highest BCUT2D eigenvalue weighted by molar-refractivity contribution is 5.79. The van der Waals surface area contributed by atoms with Crippen LogP contribution >= 0.6 is 0 Å². The first-order chi connectivity index (χ1) is 8.31. The van der Waals surface area contributed by atoms with Crippen molar-refractivity contribution in [1.29, 1.82) is 0 Å². The molecule has 1 aliphatic carbocycles. The summed E-state index contributed by atoms with van der Waals surface area (Å²) in [6.45, 7) is 0.905. The van der Waals surface area contributed by atoms with Crippen LogP contribution in [0.1, 0.15) is 12.8 Å². The number of hydrogen-bond acceptors (Lipinski definition) is 3. The first-order valence-electron chi connectivity index (χ1n) is 6.09. The fourth-order valence-corrected chi connectivity index (χ4v) is 2.28. The van der Waals surface area contributed by atoms with Crippen molar-refractivity contribution in [3.05, 3.63) is 36.4 Å². The summed E-state index contributed by atoms with van der Waals surface area (Å²) in [6, 6.07) is 12.2. The van der Waals surface area contributed by atoms with Crippen molar-refractivity contribution in [2.45, 2.75) is 18.9 Å². The highest BCUT2D eigenvalue weighted by atomic mass is 16.3. The zero-order valence-electron chi connectivity index (χ0n) is 9.63. The van der Waals surface area contributed by atoms with Crippen LogP contribution in [0.25, 0.3) is 10.9 Å². The molecule has 1 saturated carbocycles. The molecule has 1 aliphatic rings. The first kappa shape index (κ1) is 10.5. The van der Waals surface area contributed by atoms with Crippen molar-refractivity contribution in [2.75, 3.05) is 11.9 Å². The molecule has 0 bridgehead atoms. The number of rotatable bonds is 3. The summed E-state index contributed by atoms with van der Waals surface area (Å²) in [4.78, 5) is 4.55. The molecule has 0 spiro atoms. The van der Waals surface area contributed by atoms with Gasteiger partial charge in [0, 0.05) is 11.9 Å². The number of nitrogens with one attached hydrogen (secondary N) is 1. The minimum Gasteiger partial charge on any atom is -0.393 e. The van der Waals surface area contributed by atoms with Crippen molar-refractivity contribution in [3.8, 4) is 0 Å². The van der Waals surface area contributed by atoms with Crippen LogP contribution in [0, 0.1) is 5.92 Å². The Labute approximate surface area is 100 Å². The van der Waals surface area contributed by atoms with Gasteiger partial charge in [-0.25, -0.2) is 4.98 Å². The lowest BCUT2D eigenvalue weighted by molar-refractivity contribution is 0.0486. The van der Waals surface area contributed by atoms with Gasteiger partial charge in [-0.1, -0.05) is 18.2 Å². The summed E-state index contributed by atoms with van der Waals surface area (Å²) in [5.74, 6) is 1.52. The minimum absolute atomic E-state index is 0.0774. The Balaban J connectivity index is 1.68. The average molecular weight is 228 g/mol. The third-order valence-electron chi connectivity index (χ3n) is 3.38. The van der Waals surface area contributed by atoms with Gasteiger partial charge in [-0.05, 0) is 37.0 Å². The number of benzene rings is 1. The molecule has 3 nitrogen and oxygen atoms in total. The number of nitrogens with zero attached hydrogens (tertiary/aromatic N) is 1. The van der Waals surface area contributed by atoms with Gasteiger partial charge >= 0.3 is 0 Å². The van der Waals surface area contributed by atoms with E-state index in [9.17, 15) is 5.11 Å². The predicted octanol–water partition coefficient (Wildman–Crippen LogP) is 2.42. The van der Waals surface area contributed by atoms with Crippen LogP contribution in [0.5, 0.6) is 0 Å². The Bertz CT molecular complexity index is 520. The summed E-state index contributed by atoms with van der Waals surface area (Å²) in [6.07, 6.45) is 1.76. The van der Waals surface area contributed by atoms with Crippen molar-refractivity contribution in [3.63, 3.8) is 0 Å². The van der Waals surface area contributed by atoms with Gasteiger partial charge in [0.15, 0.2) is 0 Å². The second-order valence-electron chi connectivity index (χ2n) is 4.76. The fourth-order valence-electron chi connectivity index (χ4n) is 2.28. The van der Waals surface area contributed by atoms with Gasteiger partial charge in [0.2, 0.25) is 0 Å². The maximum Gasteiger partial charge on any atom is 0.126 e. The standard InChI is InChI=1S/C14H16N2O/c17-12-7-10(8-12)9-15-14-6-5-11-3-1-2-4-13(11)16-14/h1-6,10,12,17H,7-9H2,(H,15,16). The van der Waals surface area contributed by atoms with Crippen molar-refractivity contribution >= 4 is 16.7 Å². The van der Waals surface area contributed by atoms with Crippen LogP contribution in [-0.4, -0.2) is 22.7 Å². The van der Waals surface area contributed by atoms with Crippen molar-refractivity contribution in [2.24, 2.45) is 5.92 Å². The summed E-state index contributed by atoms with van der Waals surface area (Å²) < 4.78 is 0. The highest BCUT2D eigenvalue weighted by Crippen LogP contribution is 2.27. The van der Waals surface area contributed by atoms with Crippen LogP contribution in [-0.2, 0) is 0 Å². The van der Waals surface area contributed by atoms with Gasteiger partial charge < -0.3 is 10.4 Å². The first-order valence-corrected chi connectivity index (χ1v) is 6.09. The Kier molecular flexibility index (Phi) is 2.69. The molecule has 1 fully saturated rings.